The minimum absolute atomic E-state index is 0.274. The highest BCUT2D eigenvalue weighted by Gasteiger charge is 2.07. The Labute approximate surface area is 279 Å². The molecule has 0 aromatic heterocycles. The number of unbranched alkanes of at least 4 members (excludes halogenated alkanes) is 11. The molecule has 2 atom stereocenters. The molecular formula is C38H64N2O6. The summed E-state index contributed by atoms with van der Waals surface area (Å²) in [6.07, 6.45) is 14.1. The van der Waals surface area contributed by atoms with Crippen LogP contribution < -0.4 is 29.6 Å². The third-order valence-corrected chi connectivity index (χ3v) is 7.63. The van der Waals surface area contributed by atoms with Crippen LogP contribution >= 0.6 is 0 Å². The Morgan fingerprint density at radius 3 is 0.978 bits per heavy atom. The Bertz CT molecular complexity index is 891. The summed E-state index contributed by atoms with van der Waals surface area (Å²) in [6, 6.07) is 16.0. The first-order valence-corrected chi connectivity index (χ1v) is 17.9. The lowest BCUT2D eigenvalue weighted by atomic mass is 10.1. The summed E-state index contributed by atoms with van der Waals surface area (Å²) >= 11 is 0. The largest absolute Gasteiger partial charge is 0.494 e. The van der Waals surface area contributed by atoms with Crippen molar-refractivity contribution >= 4 is 0 Å². The van der Waals surface area contributed by atoms with Gasteiger partial charge in [-0.1, -0.05) is 91.9 Å². The zero-order valence-corrected chi connectivity index (χ0v) is 29.2. The lowest BCUT2D eigenvalue weighted by Crippen LogP contribution is -2.35. The standard InChI is InChI=1S/C38H64N2O6/c1-31(2)39-27-33(41)29-45-37-21-17-35(18-22-37)43-25-15-13-11-9-7-5-6-8-10-12-14-16-26-44-36-19-23-38(24-20-36)46-30-34(42)28-40-32(3)4/h17-24,31-34,39-42H,5-16,25-30H2,1-4H3/t33-,34-/m0/s1. The van der Waals surface area contributed by atoms with Crippen molar-refractivity contribution in [3.05, 3.63) is 48.5 Å². The van der Waals surface area contributed by atoms with Gasteiger partial charge >= 0.3 is 0 Å². The van der Waals surface area contributed by atoms with Gasteiger partial charge in [-0.05, 0) is 61.4 Å². The molecule has 0 spiro atoms. The van der Waals surface area contributed by atoms with E-state index < -0.39 is 12.2 Å². The maximum absolute atomic E-state index is 9.96. The number of ether oxygens (including phenoxy) is 4. The SMILES string of the molecule is CC(C)NC[C@H](O)COc1ccc(OCCCCCCCCCCCCCCOc2ccc(OC[C@@H](O)CNC(C)C)cc2)cc1. The van der Waals surface area contributed by atoms with Crippen LogP contribution in [0, 0.1) is 0 Å². The van der Waals surface area contributed by atoms with Crippen molar-refractivity contribution in [3.8, 4) is 23.0 Å². The molecule has 8 heteroatoms. The molecule has 2 rings (SSSR count). The molecule has 0 fully saturated rings. The van der Waals surface area contributed by atoms with Crippen LogP contribution in [-0.4, -0.2) is 74.0 Å². The highest BCUT2D eigenvalue weighted by molar-refractivity contribution is 5.32. The Kier molecular flexibility index (Phi) is 22.0. The van der Waals surface area contributed by atoms with Gasteiger partial charge in [0.1, 0.15) is 48.4 Å². The smallest absolute Gasteiger partial charge is 0.119 e. The highest BCUT2D eigenvalue weighted by atomic mass is 16.5. The van der Waals surface area contributed by atoms with Gasteiger partial charge in [0.15, 0.2) is 0 Å². The molecule has 0 aliphatic rings. The van der Waals surface area contributed by atoms with Crippen molar-refractivity contribution in [3.63, 3.8) is 0 Å². The van der Waals surface area contributed by atoms with Crippen LogP contribution in [-0.2, 0) is 0 Å². The van der Waals surface area contributed by atoms with Gasteiger partial charge in [0, 0.05) is 25.2 Å². The first-order chi connectivity index (χ1) is 22.3. The monoisotopic (exact) mass is 644 g/mol. The van der Waals surface area contributed by atoms with Crippen LogP contribution in [0.4, 0.5) is 0 Å². The van der Waals surface area contributed by atoms with Crippen molar-refractivity contribution in [2.24, 2.45) is 0 Å². The van der Waals surface area contributed by atoms with E-state index in [0.717, 1.165) is 49.1 Å². The number of hydrogen-bond donors (Lipinski definition) is 4. The minimum Gasteiger partial charge on any atom is -0.494 e. The Morgan fingerprint density at radius 2 is 0.696 bits per heavy atom. The summed E-state index contributed by atoms with van der Waals surface area (Å²) in [4.78, 5) is 0. The maximum atomic E-state index is 9.96. The van der Waals surface area contributed by atoms with Crippen molar-refractivity contribution in [1.29, 1.82) is 0 Å². The van der Waals surface area contributed by atoms with Crippen molar-refractivity contribution in [2.75, 3.05) is 39.5 Å². The molecule has 0 aliphatic carbocycles. The second-order valence-electron chi connectivity index (χ2n) is 12.9. The van der Waals surface area contributed by atoms with E-state index in [2.05, 4.69) is 38.3 Å². The summed E-state index contributed by atoms with van der Waals surface area (Å²) in [5.74, 6) is 3.22. The van der Waals surface area contributed by atoms with Crippen LogP contribution in [0.15, 0.2) is 48.5 Å². The second kappa shape index (κ2) is 25.6. The van der Waals surface area contributed by atoms with Gasteiger partial charge < -0.3 is 39.8 Å². The Hall–Kier alpha value is -2.52. The maximum Gasteiger partial charge on any atom is 0.119 e. The third-order valence-electron chi connectivity index (χ3n) is 7.63. The number of benzene rings is 2. The van der Waals surface area contributed by atoms with E-state index in [4.69, 9.17) is 18.9 Å². The number of hydrogen-bond acceptors (Lipinski definition) is 8. The quantitative estimate of drug-likeness (QED) is 0.0685. The van der Waals surface area contributed by atoms with E-state index in [1.807, 2.05) is 48.5 Å². The van der Waals surface area contributed by atoms with E-state index in [1.54, 1.807) is 0 Å². The second-order valence-corrected chi connectivity index (χ2v) is 12.9. The molecule has 0 bridgehead atoms. The topological polar surface area (TPSA) is 101 Å². The summed E-state index contributed by atoms with van der Waals surface area (Å²) in [7, 11) is 0. The molecule has 0 radical (unpaired) electrons. The summed E-state index contributed by atoms with van der Waals surface area (Å²) in [5, 5.41) is 26.3. The molecule has 2 aromatic rings. The highest BCUT2D eigenvalue weighted by Crippen LogP contribution is 2.20. The van der Waals surface area contributed by atoms with Gasteiger partial charge in [0.05, 0.1) is 13.2 Å². The molecule has 8 nitrogen and oxygen atoms in total. The third kappa shape index (κ3) is 21.3. The van der Waals surface area contributed by atoms with Gasteiger partial charge in [-0.2, -0.15) is 0 Å². The number of aliphatic hydroxyl groups excluding tert-OH is 2. The van der Waals surface area contributed by atoms with E-state index in [9.17, 15) is 10.2 Å². The Balaban J connectivity index is 1.33. The van der Waals surface area contributed by atoms with Crippen molar-refractivity contribution < 1.29 is 29.2 Å². The van der Waals surface area contributed by atoms with E-state index in [0.29, 0.717) is 25.2 Å². The predicted molar refractivity (Wildman–Crippen MR) is 189 cm³/mol. The van der Waals surface area contributed by atoms with Crippen LogP contribution in [0.3, 0.4) is 0 Å². The van der Waals surface area contributed by atoms with Gasteiger partial charge in [-0.15, -0.1) is 0 Å². The van der Waals surface area contributed by atoms with Crippen molar-refractivity contribution in [2.45, 2.75) is 129 Å². The molecule has 0 saturated heterocycles. The van der Waals surface area contributed by atoms with Crippen molar-refractivity contribution in [1.82, 2.24) is 10.6 Å². The molecule has 0 unspecified atom stereocenters. The van der Waals surface area contributed by atoms with Crippen LogP contribution in [0.5, 0.6) is 23.0 Å². The van der Waals surface area contributed by atoms with Crippen LogP contribution in [0.2, 0.25) is 0 Å². The molecular weight excluding hydrogens is 580 g/mol. The molecule has 262 valence electrons. The lowest BCUT2D eigenvalue weighted by molar-refractivity contribution is 0.104. The first kappa shape index (κ1) is 39.7. The fraction of sp³-hybridized carbons (Fsp3) is 0.684. The predicted octanol–water partition coefficient (Wildman–Crippen LogP) is 7.30. The Morgan fingerprint density at radius 1 is 0.435 bits per heavy atom. The molecule has 0 aliphatic heterocycles. The fourth-order valence-electron chi connectivity index (χ4n) is 4.86. The zero-order valence-electron chi connectivity index (χ0n) is 29.2. The summed E-state index contributed by atoms with van der Waals surface area (Å²) in [5.41, 5.74) is 0. The van der Waals surface area contributed by atoms with Gasteiger partial charge in [-0.3, -0.25) is 0 Å². The first-order valence-electron chi connectivity index (χ1n) is 17.9. The molecule has 46 heavy (non-hydrogen) atoms. The summed E-state index contributed by atoms with van der Waals surface area (Å²) in [6.45, 7) is 11.3. The van der Waals surface area contributed by atoms with Gasteiger partial charge in [-0.25, -0.2) is 0 Å². The van der Waals surface area contributed by atoms with E-state index >= 15 is 0 Å². The minimum atomic E-state index is -0.524. The number of rotatable bonds is 29. The zero-order chi connectivity index (χ0) is 33.2. The number of aliphatic hydroxyl groups is 2. The molecule has 0 amide bonds. The lowest BCUT2D eigenvalue weighted by Gasteiger charge is -2.15. The van der Waals surface area contributed by atoms with E-state index in [1.165, 1.54) is 64.2 Å². The van der Waals surface area contributed by atoms with Crippen LogP contribution in [0.1, 0.15) is 105 Å². The average molecular weight is 645 g/mol. The molecule has 4 N–H and O–H groups in total. The normalized spacial score (nSPS) is 12.8. The average Bonchev–Trinajstić information content (AvgIpc) is 3.05. The van der Waals surface area contributed by atoms with Gasteiger partial charge in [0.25, 0.3) is 0 Å². The summed E-state index contributed by atoms with van der Waals surface area (Å²) < 4.78 is 23.1. The fourth-order valence-corrected chi connectivity index (χ4v) is 4.86. The molecule has 2 aromatic carbocycles. The molecule has 0 saturated carbocycles. The van der Waals surface area contributed by atoms with E-state index in [-0.39, 0.29) is 13.2 Å². The van der Waals surface area contributed by atoms with Crippen LogP contribution in [0.25, 0.3) is 0 Å². The van der Waals surface area contributed by atoms with Gasteiger partial charge in [0.2, 0.25) is 0 Å². The number of nitrogens with one attached hydrogen (secondary N) is 2. The molecule has 0 heterocycles.